The zero-order chi connectivity index (χ0) is 15.1. The topological polar surface area (TPSA) is 27.7 Å². The molecule has 0 aliphatic rings. The number of para-hydroxylation sites is 2. The van der Waals surface area contributed by atoms with Gasteiger partial charge in [0.05, 0.1) is 0 Å². The first-order valence-corrected chi connectivity index (χ1v) is 7.46. The molecule has 3 nitrogen and oxygen atoms in total. The van der Waals surface area contributed by atoms with Gasteiger partial charge >= 0.3 is 0 Å². The van der Waals surface area contributed by atoms with Crippen LogP contribution in [0.15, 0.2) is 60.7 Å². The minimum atomic E-state index is -0.573. The Morgan fingerprint density at radius 2 is 1.33 bits per heavy atom. The first-order valence-electron chi connectivity index (χ1n) is 6.99. The minimum Gasteiger partial charge on any atom is -0.452 e. The van der Waals surface area contributed by atoms with Crippen molar-refractivity contribution in [3.8, 4) is 11.5 Å². The van der Waals surface area contributed by atoms with Crippen molar-refractivity contribution in [2.45, 2.75) is 32.2 Å². The highest BCUT2D eigenvalue weighted by atomic mass is 31.0. The largest absolute Gasteiger partial charge is 0.452 e. The van der Waals surface area contributed by atoms with Crippen LogP contribution in [-0.2, 0) is 4.52 Å². The van der Waals surface area contributed by atoms with E-state index < -0.39 is 11.9 Å². The molecule has 2 aromatic carbocycles. The molecule has 0 fully saturated rings. The van der Waals surface area contributed by atoms with Crippen molar-refractivity contribution in [2.24, 2.45) is 0 Å². The highest BCUT2D eigenvalue weighted by molar-refractivity contribution is 7.09. The van der Waals surface area contributed by atoms with Gasteiger partial charge in [-0.3, -0.25) is 0 Å². The van der Waals surface area contributed by atoms with Crippen molar-refractivity contribution in [3.05, 3.63) is 60.7 Å². The van der Waals surface area contributed by atoms with E-state index in [-0.39, 0.29) is 0 Å². The molecule has 2 aromatic rings. The second-order valence-electron chi connectivity index (χ2n) is 4.98. The van der Waals surface area contributed by atoms with E-state index in [0.717, 1.165) is 17.9 Å². The number of hydrogen-bond acceptors (Lipinski definition) is 3. The predicted molar refractivity (Wildman–Crippen MR) is 87.4 cm³/mol. The normalized spacial score (nSPS) is 13.7. The average Bonchev–Trinajstić information content (AvgIpc) is 2.55. The van der Waals surface area contributed by atoms with Crippen LogP contribution in [0.2, 0.25) is 0 Å². The van der Waals surface area contributed by atoms with Gasteiger partial charge in [-0.15, -0.1) is 0 Å². The number of benzene rings is 2. The van der Waals surface area contributed by atoms with Crippen LogP contribution in [0, 0.1) is 0 Å². The molecule has 0 N–H and O–H groups in total. The first-order chi connectivity index (χ1) is 10.2. The summed E-state index contributed by atoms with van der Waals surface area (Å²) in [6.07, 6.45) is 0.200. The lowest BCUT2D eigenvalue weighted by Gasteiger charge is -2.35. The monoisotopic (exact) mass is 304 g/mol. The molecule has 2 atom stereocenters. The van der Waals surface area contributed by atoms with E-state index >= 15 is 0 Å². The van der Waals surface area contributed by atoms with Gasteiger partial charge in [0.15, 0.2) is 0 Å². The molecule has 0 aliphatic carbocycles. The Morgan fingerprint density at radius 3 is 1.67 bits per heavy atom. The third kappa shape index (κ3) is 4.20. The van der Waals surface area contributed by atoms with E-state index in [1.165, 1.54) is 0 Å². The Balaban J connectivity index is 2.22. The molecule has 0 saturated heterocycles. The van der Waals surface area contributed by atoms with Gasteiger partial charge in [0.2, 0.25) is 0 Å². The summed E-state index contributed by atoms with van der Waals surface area (Å²) in [7, 11) is 2.31. The Bertz CT molecular complexity index is 485. The fraction of sp³-hybridized carbons (Fsp3) is 0.294. The Morgan fingerprint density at radius 1 is 0.905 bits per heavy atom. The standard InChI is InChI=1S/C17H21O3P/c1-3-17(2,20-21)16(18-14-10-6-4-7-11-14)19-15-12-8-5-9-13-15/h4-13,16H,3,21H2,1-2H3. The van der Waals surface area contributed by atoms with Crippen molar-refractivity contribution in [3.63, 3.8) is 0 Å². The zero-order valence-corrected chi connectivity index (χ0v) is 13.5. The van der Waals surface area contributed by atoms with E-state index in [0.29, 0.717) is 0 Å². The molecule has 21 heavy (non-hydrogen) atoms. The third-order valence-electron chi connectivity index (χ3n) is 3.44. The second-order valence-corrected chi connectivity index (χ2v) is 5.21. The van der Waals surface area contributed by atoms with E-state index in [9.17, 15) is 0 Å². The van der Waals surface area contributed by atoms with Gasteiger partial charge < -0.3 is 14.0 Å². The Kier molecular flexibility index (Phi) is 5.60. The average molecular weight is 304 g/mol. The van der Waals surface area contributed by atoms with Crippen LogP contribution in [0.4, 0.5) is 0 Å². The van der Waals surface area contributed by atoms with Gasteiger partial charge in [-0.2, -0.15) is 0 Å². The van der Waals surface area contributed by atoms with Gasteiger partial charge in [0, 0.05) is 9.47 Å². The van der Waals surface area contributed by atoms with Gasteiger partial charge in [-0.1, -0.05) is 43.3 Å². The molecule has 0 amide bonds. The van der Waals surface area contributed by atoms with E-state index in [1.807, 2.05) is 74.5 Å². The molecule has 4 heteroatoms. The highest BCUT2D eigenvalue weighted by Crippen LogP contribution is 2.29. The van der Waals surface area contributed by atoms with Gasteiger partial charge in [-0.05, 0) is 37.6 Å². The molecule has 0 saturated carbocycles. The van der Waals surface area contributed by atoms with Gasteiger partial charge in [-0.25, -0.2) is 0 Å². The van der Waals surface area contributed by atoms with Gasteiger partial charge in [0.1, 0.15) is 17.1 Å². The molecule has 2 unspecified atom stereocenters. The van der Waals surface area contributed by atoms with E-state index in [4.69, 9.17) is 14.0 Å². The van der Waals surface area contributed by atoms with Crippen LogP contribution in [0.25, 0.3) is 0 Å². The molecule has 112 valence electrons. The maximum atomic E-state index is 6.00. The van der Waals surface area contributed by atoms with Crippen molar-refractivity contribution in [1.29, 1.82) is 0 Å². The van der Waals surface area contributed by atoms with Crippen molar-refractivity contribution >= 4 is 9.47 Å². The van der Waals surface area contributed by atoms with Crippen molar-refractivity contribution in [2.75, 3.05) is 0 Å². The van der Waals surface area contributed by atoms with E-state index in [2.05, 4.69) is 9.47 Å². The summed E-state index contributed by atoms with van der Waals surface area (Å²) in [5.74, 6) is 1.50. The van der Waals surface area contributed by atoms with Crippen LogP contribution >= 0.6 is 9.47 Å². The lowest BCUT2D eigenvalue weighted by Crippen LogP contribution is -2.47. The van der Waals surface area contributed by atoms with Gasteiger partial charge in [0.25, 0.3) is 6.29 Å². The number of ether oxygens (including phenoxy) is 2. The fourth-order valence-corrected chi connectivity index (χ4v) is 2.10. The summed E-state index contributed by atoms with van der Waals surface area (Å²) in [5.41, 5.74) is -0.573. The zero-order valence-electron chi connectivity index (χ0n) is 12.4. The molecule has 0 radical (unpaired) electrons. The lowest BCUT2D eigenvalue weighted by atomic mass is 10.0. The summed E-state index contributed by atoms with van der Waals surface area (Å²) in [6, 6.07) is 19.2. The smallest absolute Gasteiger partial charge is 0.269 e. The van der Waals surface area contributed by atoms with E-state index in [1.54, 1.807) is 0 Å². The Hall–Kier alpha value is -1.57. The molecular formula is C17H21O3P. The number of hydrogen-bond donors (Lipinski definition) is 0. The quantitative estimate of drug-likeness (QED) is 0.559. The van der Waals surface area contributed by atoms with Crippen LogP contribution < -0.4 is 9.47 Å². The van der Waals surface area contributed by atoms with Crippen molar-refractivity contribution in [1.82, 2.24) is 0 Å². The molecule has 0 bridgehead atoms. The third-order valence-corrected chi connectivity index (χ3v) is 3.98. The molecule has 0 aromatic heterocycles. The summed E-state index contributed by atoms with van der Waals surface area (Å²) >= 11 is 0. The van der Waals surface area contributed by atoms with Crippen LogP contribution in [0.3, 0.4) is 0 Å². The summed E-state index contributed by atoms with van der Waals surface area (Å²) in [4.78, 5) is 0. The van der Waals surface area contributed by atoms with Crippen molar-refractivity contribution < 1.29 is 14.0 Å². The lowest BCUT2D eigenvalue weighted by molar-refractivity contribution is -0.125. The fourth-order valence-electron chi connectivity index (χ4n) is 1.82. The highest BCUT2D eigenvalue weighted by Gasteiger charge is 2.37. The maximum Gasteiger partial charge on any atom is 0.269 e. The summed E-state index contributed by atoms with van der Waals surface area (Å²) in [5, 5.41) is 0. The second kappa shape index (κ2) is 7.44. The SMILES string of the molecule is CCC(C)(OP)C(Oc1ccccc1)Oc1ccccc1. The molecular weight excluding hydrogens is 283 g/mol. The van der Waals surface area contributed by atoms with Crippen LogP contribution in [0.1, 0.15) is 20.3 Å². The predicted octanol–water partition coefficient (Wildman–Crippen LogP) is 4.45. The maximum absolute atomic E-state index is 6.00. The van der Waals surface area contributed by atoms with Crippen LogP contribution in [0.5, 0.6) is 11.5 Å². The molecule has 0 spiro atoms. The minimum absolute atomic E-state index is 0.551. The number of rotatable bonds is 7. The summed E-state index contributed by atoms with van der Waals surface area (Å²) in [6.45, 7) is 4.01. The molecule has 0 aliphatic heterocycles. The first kappa shape index (κ1) is 15.8. The summed E-state index contributed by atoms with van der Waals surface area (Å²) < 4.78 is 17.6. The Labute approximate surface area is 128 Å². The van der Waals surface area contributed by atoms with Crippen LogP contribution in [-0.4, -0.2) is 11.9 Å². The molecule has 0 heterocycles. The molecule has 2 rings (SSSR count).